The topological polar surface area (TPSA) is 55.9 Å². The number of hydrogen-bond acceptors (Lipinski definition) is 3. The summed E-state index contributed by atoms with van der Waals surface area (Å²) >= 11 is 0. The molecule has 2 aromatic rings. The highest BCUT2D eigenvalue weighted by atomic mass is 15.3. The molecule has 0 aliphatic heterocycles. The van der Waals surface area contributed by atoms with Crippen LogP contribution in [0.2, 0.25) is 0 Å². The van der Waals surface area contributed by atoms with Gasteiger partial charge in [-0.1, -0.05) is 18.6 Å². The van der Waals surface area contributed by atoms with E-state index in [1.54, 1.807) is 0 Å². The van der Waals surface area contributed by atoms with Crippen LogP contribution in [-0.2, 0) is 0 Å². The van der Waals surface area contributed by atoms with Crippen molar-refractivity contribution in [1.82, 2.24) is 9.78 Å². The fraction of sp³-hybridized carbons (Fsp3) is 0.471. The molecule has 0 spiro atoms. The zero-order chi connectivity index (χ0) is 14.7. The van der Waals surface area contributed by atoms with E-state index in [0.29, 0.717) is 5.92 Å². The largest absolute Gasteiger partial charge is 0.382 e. The third-order valence-electron chi connectivity index (χ3n) is 4.24. The van der Waals surface area contributed by atoms with Gasteiger partial charge in [0.1, 0.15) is 0 Å². The van der Waals surface area contributed by atoms with Crippen LogP contribution < -0.4 is 11.1 Å². The van der Waals surface area contributed by atoms with Crippen LogP contribution >= 0.6 is 0 Å². The molecule has 1 aromatic heterocycles. The third-order valence-corrected chi connectivity index (χ3v) is 4.24. The molecule has 0 atom stereocenters. The predicted octanol–water partition coefficient (Wildman–Crippen LogP) is 3.21. The maximum Gasteiger partial charge on any atom is 0.0766 e. The molecule has 1 heterocycles. The molecular weight excluding hydrogens is 260 g/mol. The number of benzene rings is 1. The molecule has 1 aliphatic rings. The Bertz CT molecular complexity index is 599. The predicted molar refractivity (Wildman–Crippen MR) is 87.1 cm³/mol. The van der Waals surface area contributed by atoms with Crippen LogP contribution in [0.1, 0.15) is 42.9 Å². The SMILES string of the molecule is Cc1cccc(-n2ncc(NCCCN)c2C2CCC2)c1. The Labute approximate surface area is 126 Å². The summed E-state index contributed by atoms with van der Waals surface area (Å²) in [5.74, 6) is 0.633. The Morgan fingerprint density at radius 2 is 2.24 bits per heavy atom. The first-order valence-electron chi connectivity index (χ1n) is 7.88. The molecule has 4 heteroatoms. The van der Waals surface area contributed by atoms with Gasteiger partial charge in [-0.3, -0.25) is 0 Å². The average Bonchev–Trinajstić information content (AvgIpc) is 2.81. The van der Waals surface area contributed by atoms with E-state index in [2.05, 4.69) is 46.3 Å². The number of aromatic nitrogens is 2. The van der Waals surface area contributed by atoms with Gasteiger partial charge in [0, 0.05) is 12.5 Å². The van der Waals surface area contributed by atoms with E-state index in [-0.39, 0.29) is 0 Å². The van der Waals surface area contributed by atoms with Crippen LogP contribution in [0.4, 0.5) is 5.69 Å². The highest BCUT2D eigenvalue weighted by Gasteiger charge is 2.27. The minimum atomic E-state index is 0.633. The van der Waals surface area contributed by atoms with Crippen molar-refractivity contribution in [1.29, 1.82) is 0 Å². The van der Waals surface area contributed by atoms with E-state index >= 15 is 0 Å². The van der Waals surface area contributed by atoms with Crippen molar-refractivity contribution in [3.05, 3.63) is 41.7 Å². The van der Waals surface area contributed by atoms with E-state index < -0.39 is 0 Å². The molecule has 21 heavy (non-hydrogen) atoms. The number of anilines is 1. The van der Waals surface area contributed by atoms with Gasteiger partial charge in [-0.05, 0) is 50.4 Å². The summed E-state index contributed by atoms with van der Waals surface area (Å²) < 4.78 is 2.11. The maximum atomic E-state index is 5.58. The van der Waals surface area contributed by atoms with Gasteiger partial charge in [0.25, 0.3) is 0 Å². The van der Waals surface area contributed by atoms with Crippen molar-refractivity contribution in [3.8, 4) is 5.69 Å². The molecule has 1 aromatic carbocycles. The number of nitrogens with two attached hydrogens (primary N) is 1. The molecule has 0 radical (unpaired) electrons. The van der Waals surface area contributed by atoms with Gasteiger partial charge in [0.2, 0.25) is 0 Å². The normalized spacial score (nSPS) is 15.0. The highest BCUT2D eigenvalue weighted by molar-refractivity contribution is 5.52. The number of hydrogen-bond donors (Lipinski definition) is 2. The van der Waals surface area contributed by atoms with Crippen LogP contribution in [0.15, 0.2) is 30.5 Å². The molecule has 112 valence electrons. The summed E-state index contributed by atoms with van der Waals surface area (Å²) in [5, 5.41) is 8.14. The van der Waals surface area contributed by atoms with E-state index in [0.717, 1.165) is 25.2 Å². The first-order valence-corrected chi connectivity index (χ1v) is 7.88. The summed E-state index contributed by atoms with van der Waals surface area (Å²) in [7, 11) is 0. The second-order valence-corrected chi connectivity index (χ2v) is 5.89. The molecule has 0 unspecified atom stereocenters. The Morgan fingerprint density at radius 3 is 2.90 bits per heavy atom. The molecule has 0 saturated heterocycles. The zero-order valence-electron chi connectivity index (χ0n) is 12.7. The number of nitrogens with one attached hydrogen (secondary N) is 1. The van der Waals surface area contributed by atoms with Crippen molar-refractivity contribution >= 4 is 5.69 Å². The fourth-order valence-electron chi connectivity index (χ4n) is 2.86. The molecular formula is C17H24N4. The monoisotopic (exact) mass is 284 g/mol. The average molecular weight is 284 g/mol. The molecule has 0 amide bonds. The van der Waals surface area contributed by atoms with Gasteiger partial charge >= 0.3 is 0 Å². The van der Waals surface area contributed by atoms with E-state index in [1.165, 1.54) is 36.2 Å². The van der Waals surface area contributed by atoms with Crippen molar-refractivity contribution in [2.24, 2.45) is 5.73 Å². The molecule has 4 nitrogen and oxygen atoms in total. The van der Waals surface area contributed by atoms with Gasteiger partial charge in [-0.15, -0.1) is 0 Å². The highest BCUT2D eigenvalue weighted by Crippen LogP contribution is 2.40. The Balaban J connectivity index is 1.92. The number of rotatable bonds is 6. The Kier molecular flexibility index (Phi) is 4.25. The van der Waals surface area contributed by atoms with Crippen LogP contribution in [0, 0.1) is 6.92 Å². The summed E-state index contributed by atoms with van der Waals surface area (Å²) in [4.78, 5) is 0. The van der Waals surface area contributed by atoms with Gasteiger partial charge in [0.15, 0.2) is 0 Å². The third kappa shape index (κ3) is 2.95. The van der Waals surface area contributed by atoms with E-state index in [9.17, 15) is 0 Å². The van der Waals surface area contributed by atoms with Gasteiger partial charge in [-0.25, -0.2) is 4.68 Å². The van der Waals surface area contributed by atoms with E-state index in [1.807, 2.05) is 6.20 Å². The lowest BCUT2D eigenvalue weighted by Gasteiger charge is -2.27. The first-order chi connectivity index (χ1) is 10.3. The minimum absolute atomic E-state index is 0.633. The van der Waals surface area contributed by atoms with Crippen molar-refractivity contribution in [3.63, 3.8) is 0 Å². The van der Waals surface area contributed by atoms with Crippen LogP contribution in [0.25, 0.3) is 5.69 Å². The molecule has 1 aliphatic carbocycles. The Morgan fingerprint density at radius 1 is 1.38 bits per heavy atom. The second kappa shape index (κ2) is 6.31. The van der Waals surface area contributed by atoms with Crippen molar-refractivity contribution < 1.29 is 0 Å². The van der Waals surface area contributed by atoms with Crippen molar-refractivity contribution in [2.45, 2.75) is 38.5 Å². The van der Waals surface area contributed by atoms with Crippen LogP contribution in [0.5, 0.6) is 0 Å². The molecule has 3 N–H and O–H groups in total. The lowest BCUT2D eigenvalue weighted by molar-refractivity contribution is 0.404. The minimum Gasteiger partial charge on any atom is -0.382 e. The molecule has 3 rings (SSSR count). The number of aryl methyl sites for hydroxylation is 1. The summed E-state index contributed by atoms with van der Waals surface area (Å²) in [5.41, 5.74) is 10.5. The lowest BCUT2D eigenvalue weighted by atomic mass is 9.82. The molecule has 1 fully saturated rings. The quantitative estimate of drug-likeness (QED) is 0.801. The first kappa shape index (κ1) is 14.1. The van der Waals surface area contributed by atoms with Gasteiger partial charge < -0.3 is 11.1 Å². The van der Waals surface area contributed by atoms with Gasteiger partial charge in [0.05, 0.1) is 23.3 Å². The summed E-state index contributed by atoms with van der Waals surface area (Å²) in [6.45, 7) is 3.75. The zero-order valence-corrected chi connectivity index (χ0v) is 12.7. The molecule has 0 bridgehead atoms. The van der Waals surface area contributed by atoms with Gasteiger partial charge in [-0.2, -0.15) is 5.10 Å². The van der Waals surface area contributed by atoms with E-state index in [4.69, 9.17) is 5.73 Å². The number of nitrogens with zero attached hydrogens (tertiary/aromatic N) is 2. The summed E-state index contributed by atoms with van der Waals surface area (Å²) in [6, 6.07) is 8.54. The molecule has 1 saturated carbocycles. The maximum absolute atomic E-state index is 5.58. The summed E-state index contributed by atoms with van der Waals surface area (Å²) in [6.07, 6.45) is 6.81. The smallest absolute Gasteiger partial charge is 0.0766 e. The standard InChI is InChI=1S/C17H24N4/c1-13-5-2-8-15(11-13)21-17(14-6-3-7-14)16(12-20-21)19-10-4-9-18/h2,5,8,11-12,14,19H,3-4,6-7,9-10,18H2,1H3. The Hall–Kier alpha value is -1.81. The van der Waals surface area contributed by atoms with Crippen molar-refractivity contribution in [2.75, 3.05) is 18.4 Å². The second-order valence-electron chi connectivity index (χ2n) is 5.89. The lowest BCUT2D eigenvalue weighted by Crippen LogP contribution is -2.17. The fourth-order valence-corrected chi connectivity index (χ4v) is 2.86. The van der Waals surface area contributed by atoms with Crippen LogP contribution in [0.3, 0.4) is 0 Å². The van der Waals surface area contributed by atoms with Crippen LogP contribution in [-0.4, -0.2) is 22.9 Å².